The molecule has 1 fully saturated rings. The predicted octanol–water partition coefficient (Wildman–Crippen LogP) is 4.07. The largest absolute Gasteiger partial charge is 0.482 e. The molecule has 0 aromatic heterocycles. The summed E-state index contributed by atoms with van der Waals surface area (Å²) in [7, 11) is 1.83. The summed E-state index contributed by atoms with van der Waals surface area (Å²) in [5.41, 5.74) is 2.21. The van der Waals surface area contributed by atoms with Gasteiger partial charge in [-0.1, -0.05) is 54.6 Å². The summed E-state index contributed by atoms with van der Waals surface area (Å²) in [5, 5.41) is 11.1. The highest BCUT2D eigenvalue weighted by Gasteiger charge is 2.45. The molecule has 148 valence electrons. The maximum absolute atomic E-state index is 12.8. The lowest BCUT2D eigenvalue weighted by Crippen LogP contribution is -2.28. The molecule has 1 N–H and O–H groups in total. The first-order valence-corrected chi connectivity index (χ1v) is 9.68. The number of carbonyl (C=O) groups is 2. The van der Waals surface area contributed by atoms with Crippen molar-refractivity contribution < 1.29 is 19.4 Å². The van der Waals surface area contributed by atoms with Gasteiger partial charge in [-0.15, -0.1) is 0 Å². The maximum Gasteiger partial charge on any atom is 0.341 e. The Kier molecular flexibility index (Phi) is 5.21. The van der Waals surface area contributed by atoms with Gasteiger partial charge in [-0.3, -0.25) is 4.79 Å². The Hall–Kier alpha value is -3.34. The summed E-state index contributed by atoms with van der Waals surface area (Å²) < 4.78 is 5.14. The first-order valence-electron chi connectivity index (χ1n) is 9.68. The van der Waals surface area contributed by atoms with Gasteiger partial charge in [0, 0.05) is 19.5 Å². The second-order valence-corrected chi connectivity index (χ2v) is 7.58. The predicted molar refractivity (Wildman–Crippen MR) is 111 cm³/mol. The van der Waals surface area contributed by atoms with Crippen LogP contribution >= 0.6 is 0 Å². The highest BCUT2D eigenvalue weighted by molar-refractivity contribution is 5.85. The van der Waals surface area contributed by atoms with Crippen LogP contribution in [0.1, 0.15) is 23.5 Å². The Balaban J connectivity index is 1.35. The SMILES string of the molecule is CN(Cc1ccc(OCC(=O)O)cc1)C(=O)C1CC1c1ccc2ccccc2c1. The van der Waals surface area contributed by atoms with Crippen molar-refractivity contribution in [3.05, 3.63) is 77.9 Å². The van der Waals surface area contributed by atoms with Crippen LogP contribution in [0.5, 0.6) is 5.75 Å². The van der Waals surface area contributed by atoms with Crippen LogP contribution < -0.4 is 4.74 Å². The Bertz CT molecular complexity index is 1040. The van der Waals surface area contributed by atoms with Crippen LogP contribution in [-0.4, -0.2) is 35.5 Å². The molecule has 1 aliphatic carbocycles. The minimum atomic E-state index is -1.01. The van der Waals surface area contributed by atoms with E-state index < -0.39 is 5.97 Å². The van der Waals surface area contributed by atoms with Gasteiger partial charge in [-0.25, -0.2) is 4.79 Å². The van der Waals surface area contributed by atoms with Crippen LogP contribution in [0.2, 0.25) is 0 Å². The van der Waals surface area contributed by atoms with Gasteiger partial charge in [0.05, 0.1) is 0 Å². The first-order chi connectivity index (χ1) is 14.0. The van der Waals surface area contributed by atoms with E-state index in [1.807, 2.05) is 31.3 Å². The Morgan fingerprint density at radius 1 is 1.03 bits per heavy atom. The monoisotopic (exact) mass is 389 g/mol. The molecule has 1 amide bonds. The van der Waals surface area contributed by atoms with Crippen molar-refractivity contribution in [1.82, 2.24) is 4.90 Å². The number of rotatable bonds is 7. The molecule has 0 spiro atoms. The number of amides is 1. The summed E-state index contributed by atoms with van der Waals surface area (Å²) in [6.45, 7) is 0.147. The van der Waals surface area contributed by atoms with Crippen molar-refractivity contribution in [2.75, 3.05) is 13.7 Å². The molecule has 2 atom stereocenters. The van der Waals surface area contributed by atoms with Crippen molar-refractivity contribution in [2.24, 2.45) is 5.92 Å². The van der Waals surface area contributed by atoms with Crippen molar-refractivity contribution in [3.8, 4) is 5.75 Å². The van der Waals surface area contributed by atoms with Gasteiger partial charge in [0.1, 0.15) is 5.75 Å². The van der Waals surface area contributed by atoms with Gasteiger partial charge < -0.3 is 14.7 Å². The second-order valence-electron chi connectivity index (χ2n) is 7.58. The van der Waals surface area contributed by atoms with Gasteiger partial charge in [-0.2, -0.15) is 0 Å². The number of carboxylic acid groups (broad SMARTS) is 1. The standard InChI is InChI=1S/C24H23NO4/c1-25(14-16-6-10-20(11-7-16)29-15-23(26)27)24(28)22-13-21(22)19-9-8-17-4-2-3-5-18(17)12-19/h2-12,21-22H,13-15H2,1H3,(H,26,27). The van der Waals surface area contributed by atoms with E-state index in [2.05, 4.69) is 30.3 Å². The van der Waals surface area contributed by atoms with Crippen LogP contribution in [0.25, 0.3) is 10.8 Å². The third-order valence-electron chi connectivity index (χ3n) is 5.39. The zero-order valence-corrected chi connectivity index (χ0v) is 16.2. The molecule has 0 bridgehead atoms. The molecule has 5 nitrogen and oxygen atoms in total. The molecule has 2 unspecified atom stereocenters. The smallest absolute Gasteiger partial charge is 0.341 e. The highest BCUT2D eigenvalue weighted by Crippen LogP contribution is 2.49. The number of fused-ring (bicyclic) bond motifs is 1. The van der Waals surface area contributed by atoms with Gasteiger partial charge in [-0.05, 0) is 46.4 Å². The van der Waals surface area contributed by atoms with E-state index in [0.717, 1.165) is 12.0 Å². The van der Waals surface area contributed by atoms with E-state index in [4.69, 9.17) is 9.84 Å². The summed E-state index contributed by atoms with van der Waals surface area (Å²) in [4.78, 5) is 25.2. The zero-order valence-electron chi connectivity index (χ0n) is 16.2. The Labute approximate surface area is 169 Å². The average Bonchev–Trinajstić information content (AvgIpc) is 3.53. The maximum atomic E-state index is 12.8. The molecule has 5 heteroatoms. The molecular formula is C24H23NO4. The normalized spacial score (nSPS) is 17.7. The number of ether oxygens (including phenoxy) is 1. The van der Waals surface area contributed by atoms with Crippen molar-refractivity contribution in [2.45, 2.75) is 18.9 Å². The molecule has 0 heterocycles. The third kappa shape index (κ3) is 4.40. The Morgan fingerprint density at radius 3 is 2.48 bits per heavy atom. The van der Waals surface area contributed by atoms with Crippen LogP contribution in [0.4, 0.5) is 0 Å². The van der Waals surface area contributed by atoms with E-state index in [0.29, 0.717) is 18.2 Å². The fourth-order valence-corrected chi connectivity index (χ4v) is 3.75. The molecule has 4 rings (SSSR count). The van der Waals surface area contributed by atoms with Gasteiger partial charge >= 0.3 is 5.97 Å². The lowest BCUT2D eigenvalue weighted by molar-refractivity contribution is -0.139. The van der Waals surface area contributed by atoms with E-state index in [1.54, 1.807) is 17.0 Å². The topological polar surface area (TPSA) is 66.8 Å². The number of nitrogens with zero attached hydrogens (tertiary/aromatic N) is 1. The van der Waals surface area contributed by atoms with E-state index in [9.17, 15) is 9.59 Å². The van der Waals surface area contributed by atoms with E-state index in [-0.39, 0.29) is 18.4 Å². The van der Waals surface area contributed by atoms with E-state index in [1.165, 1.54) is 16.3 Å². The van der Waals surface area contributed by atoms with Crippen molar-refractivity contribution in [3.63, 3.8) is 0 Å². The molecule has 0 saturated heterocycles. The zero-order chi connectivity index (χ0) is 20.4. The summed E-state index contributed by atoms with van der Waals surface area (Å²) in [5.74, 6) is -0.0106. The third-order valence-corrected chi connectivity index (χ3v) is 5.39. The van der Waals surface area contributed by atoms with Gasteiger partial charge in [0.15, 0.2) is 6.61 Å². The summed E-state index contributed by atoms with van der Waals surface area (Å²) in [6, 6.07) is 21.9. The second kappa shape index (κ2) is 7.95. The lowest BCUT2D eigenvalue weighted by Gasteiger charge is -2.18. The number of carboxylic acids is 1. The number of hydrogen-bond acceptors (Lipinski definition) is 3. The average molecular weight is 389 g/mol. The summed E-state index contributed by atoms with van der Waals surface area (Å²) in [6.07, 6.45) is 0.892. The Morgan fingerprint density at radius 2 is 1.76 bits per heavy atom. The van der Waals surface area contributed by atoms with Gasteiger partial charge in [0.25, 0.3) is 0 Å². The first kappa shape index (κ1) is 19.0. The van der Waals surface area contributed by atoms with Gasteiger partial charge in [0.2, 0.25) is 5.91 Å². The number of carbonyl (C=O) groups excluding carboxylic acids is 1. The molecular weight excluding hydrogens is 366 g/mol. The molecule has 3 aromatic rings. The molecule has 1 aliphatic rings. The quantitative estimate of drug-likeness (QED) is 0.662. The van der Waals surface area contributed by atoms with Crippen LogP contribution in [0, 0.1) is 5.92 Å². The summed E-state index contributed by atoms with van der Waals surface area (Å²) >= 11 is 0. The van der Waals surface area contributed by atoms with E-state index >= 15 is 0 Å². The van der Waals surface area contributed by atoms with Crippen molar-refractivity contribution in [1.29, 1.82) is 0 Å². The number of benzene rings is 3. The lowest BCUT2D eigenvalue weighted by atomic mass is 10.0. The molecule has 1 saturated carbocycles. The highest BCUT2D eigenvalue weighted by atomic mass is 16.5. The van der Waals surface area contributed by atoms with Crippen LogP contribution in [0.3, 0.4) is 0 Å². The molecule has 29 heavy (non-hydrogen) atoms. The van der Waals surface area contributed by atoms with Crippen LogP contribution in [-0.2, 0) is 16.1 Å². The fraction of sp³-hybridized carbons (Fsp3) is 0.250. The number of aliphatic carboxylic acids is 1. The fourth-order valence-electron chi connectivity index (χ4n) is 3.75. The minimum absolute atomic E-state index is 0.0411. The molecule has 0 radical (unpaired) electrons. The van der Waals surface area contributed by atoms with Crippen molar-refractivity contribution >= 4 is 22.6 Å². The number of hydrogen-bond donors (Lipinski definition) is 1. The molecule has 3 aromatic carbocycles. The minimum Gasteiger partial charge on any atom is -0.482 e. The molecule has 0 aliphatic heterocycles. The van der Waals surface area contributed by atoms with Crippen LogP contribution in [0.15, 0.2) is 66.7 Å².